The molecule has 2 amide bonds. The Kier molecular flexibility index (Phi) is 6.46. The van der Waals surface area contributed by atoms with Crippen molar-refractivity contribution in [2.75, 3.05) is 26.2 Å². The second-order valence-electron chi connectivity index (χ2n) is 7.09. The molecule has 1 unspecified atom stereocenters. The molecule has 2 N–H and O–H groups in total. The van der Waals surface area contributed by atoms with E-state index in [2.05, 4.69) is 15.5 Å². The Balaban J connectivity index is 1.83. The van der Waals surface area contributed by atoms with E-state index in [4.69, 9.17) is 4.74 Å². The first-order chi connectivity index (χ1) is 13.8. The lowest BCUT2D eigenvalue weighted by Gasteiger charge is -2.37. The van der Waals surface area contributed by atoms with E-state index >= 15 is 0 Å². The van der Waals surface area contributed by atoms with E-state index in [0.29, 0.717) is 24.4 Å². The molecule has 1 aromatic rings. The number of alkyl halides is 3. The standard InChI is InChI=1S/C20H24F3N3O3/c1-2-29-18(27)15-11-24-19(28)25-16(15)12-26-10-4-3-5-17(26)13-6-8-14(9-7-13)20(21,22)23/h6-9,17H,2-5,10-12H2,1H3,(H2,24,25,28). The SMILES string of the molecule is CCOC(=O)C1=C(CN2CCCCC2c2ccc(C(F)(F)F)cc2)NC(=O)NC1. The molecule has 0 spiro atoms. The molecule has 0 bridgehead atoms. The predicted octanol–water partition coefficient (Wildman–Crippen LogP) is 3.36. The van der Waals surface area contributed by atoms with Crippen molar-refractivity contribution in [3.63, 3.8) is 0 Å². The van der Waals surface area contributed by atoms with Crippen LogP contribution in [0.1, 0.15) is 43.4 Å². The van der Waals surface area contributed by atoms with Gasteiger partial charge in [0.25, 0.3) is 0 Å². The van der Waals surface area contributed by atoms with Gasteiger partial charge in [0.15, 0.2) is 0 Å². The Hall–Kier alpha value is -2.55. The summed E-state index contributed by atoms with van der Waals surface area (Å²) in [5, 5.41) is 5.26. The zero-order valence-corrected chi connectivity index (χ0v) is 16.1. The van der Waals surface area contributed by atoms with Crippen molar-refractivity contribution in [3.8, 4) is 0 Å². The number of ether oxygens (including phenoxy) is 1. The fourth-order valence-corrected chi connectivity index (χ4v) is 3.74. The summed E-state index contributed by atoms with van der Waals surface area (Å²) in [6, 6.07) is 4.72. The molecule has 1 fully saturated rings. The van der Waals surface area contributed by atoms with Gasteiger partial charge in [-0.2, -0.15) is 13.2 Å². The van der Waals surface area contributed by atoms with Gasteiger partial charge in [-0.1, -0.05) is 18.6 Å². The molecule has 158 valence electrons. The Morgan fingerprint density at radius 1 is 1.24 bits per heavy atom. The largest absolute Gasteiger partial charge is 0.463 e. The number of hydrogen-bond acceptors (Lipinski definition) is 4. The maximum atomic E-state index is 12.9. The van der Waals surface area contributed by atoms with Crippen molar-refractivity contribution in [1.82, 2.24) is 15.5 Å². The van der Waals surface area contributed by atoms with Gasteiger partial charge in [-0.15, -0.1) is 0 Å². The Morgan fingerprint density at radius 3 is 2.62 bits per heavy atom. The number of piperidine rings is 1. The lowest BCUT2D eigenvalue weighted by atomic mass is 9.94. The number of likely N-dealkylation sites (tertiary alicyclic amines) is 1. The van der Waals surface area contributed by atoms with Crippen LogP contribution in [-0.2, 0) is 15.7 Å². The molecule has 2 aliphatic rings. The second kappa shape index (κ2) is 8.86. The van der Waals surface area contributed by atoms with Gasteiger partial charge in [0.05, 0.1) is 24.3 Å². The third-order valence-corrected chi connectivity index (χ3v) is 5.17. The van der Waals surface area contributed by atoms with Gasteiger partial charge in [0.1, 0.15) is 0 Å². The monoisotopic (exact) mass is 411 g/mol. The van der Waals surface area contributed by atoms with Crippen LogP contribution in [0.5, 0.6) is 0 Å². The number of rotatable bonds is 5. The third kappa shape index (κ3) is 5.09. The summed E-state index contributed by atoms with van der Waals surface area (Å²) >= 11 is 0. The van der Waals surface area contributed by atoms with Crippen molar-refractivity contribution < 1.29 is 27.5 Å². The van der Waals surface area contributed by atoms with E-state index in [1.165, 1.54) is 12.1 Å². The summed E-state index contributed by atoms with van der Waals surface area (Å²) in [4.78, 5) is 26.1. The van der Waals surface area contributed by atoms with E-state index in [0.717, 1.165) is 37.0 Å². The van der Waals surface area contributed by atoms with Gasteiger partial charge in [-0.25, -0.2) is 9.59 Å². The van der Waals surface area contributed by atoms with Crippen molar-refractivity contribution in [2.45, 2.75) is 38.4 Å². The minimum absolute atomic E-state index is 0.0821. The fourth-order valence-electron chi connectivity index (χ4n) is 3.74. The van der Waals surface area contributed by atoms with Crippen LogP contribution >= 0.6 is 0 Å². The Morgan fingerprint density at radius 2 is 1.97 bits per heavy atom. The number of nitrogens with one attached hydrogen (secondary N) is 2. The van der Waals surface area contributed by atoms with Crippen molar-refractivity contribution >= 4 is 12.0 Å². The number of amides is 2. The van der Waals surface area contributed by atoms with Gasteiger partial charge in [-0.05, 0) is 44.0 Å². The molecule has 2 heterocycles. The molecule has 1 saturated heterocycles. The Labute approximate surface area is 167 Å². The topological polar surface area (TPSA) is 70.7 Å². The first-order valence-electron chi connectivity index (χ1n) is 9.64. The Bertz CT molecular complexity index is 790. The normalized spacial score (nSPS) is 20.8. The minimum atomic E-state index is -4.37. The molecular weight excluding hydrogens is 387 g/mol. The fraction of sp³-hybridized carbons (Fsp3) is 0.500. The van der Waals surface area contributed by atoms with Crippen LogP contribution in [0.3, 0.4) is 0 Å². The summed E-state index contributed by atoms with van der Waals surface area (Å²) in [5.41, 5.74) is 0.951. The molecule has 2 aliphatic heterocycles. The number of esters is 1. The van der Waals surface area contributed by atoms with Gasteiger partial charge in [-0.3, -0.25) is 4.90 Å². The highest BCUT2D eigenvalue weighted by Crippen LogP contribution is 2.34. The molecule has 1 atom stereocenters. The summed E-state index contributed by atoms with van der Waals surface area (Å²) in [5.74, 6) is -0.488. The molecule has 9 heteroatoms. The maximum absolute atomic E-state index is 12.9. The molecule has 3 rings (SSSR count). The van der Waals surface area contributed by atoms with Gasteiger partial charge >= 0.3 is 18.2 Å². The van der Waals surface area contributed by atoms with Crippen LogP contribution in [0.4, 0.5) is 18.0 Å². The van der Waals surface area contributed by atoms with Crippen molar-refractivity contribution in [2.24, 2.45) is 0 Å². The average Bonchev–Trinajstić information content (AvgIpc) is 2.68. The summed E-state index contributed by atoms with van der Waals surface area (Å²) < 4.78 is 43.7. The molecule has 6 nitrogen and oxygen atoms in total. The molecule has 29 heavy (non-hydrogen) atoms. The zero-order chi connectivity index (χ0) is 21.0. The molecule has 1 aromatic carbocycles. The molecule has 0 radical (unpaired) electrons. The van der Waals surface area contributed by atoms with Crippen LogP contribution < -0.4 is 10.6 Å². The van der Waals surface area contributed by atoms with E-state index in [1.807, 2.05) is 0 Å². The number of carbonyl (C=O) groups is 2. The first-order valence-corrected chi connectivity index (χ1v) is 9.64. The lowest BCUT2D eigenvalue weighted by Crippen LogP contribution is -2.47. The number of benzene rings is 1. The number of hydrogen-bond donors (Lipinski definition) is 2. The highest BCUT2D eigenvalue weighted by atomic mass is 19.4. The van der Waals surface area contributed by atoms with Crippen LogP contribution in [-0.4, -0.2) is 43.1 Å². The quantitative estimate of drug-likeness (QED) is 0.729. The van der Waals surface area contributed by atoms with Crippen LogP contribution in [0.2, 0.25) is 0 Å². The van der Waals surface area contributed by atoms with Crippen molar-refractivity contribution in [3.05, 3.63) is 46.7 Å². The van der Waals surface area contributed by atoms with Crippen LogP contribution in [0.25, 0.3) is 0 Å². The molecule has 0 aliphatic carbocycles. The highest BCUT2D eigenvalue weighted by Gasteiger charge is 2.32. The predicted molar refractivity (Wildman–Crippen MR) is 99.8 cm³/mol. The smallest absolute Gasteiger partial charge is 0.416 e. The van der Waals surface area contributed by atoms with E-state index in [9.17, 15) is 22.8 Å². The lowest BCUT2D eigenvalue weighted by molar-refractivity contribution is -0.139. The van der Waals surface area contributed by atoms with Crippen LogP contribution in [0.15, 0.2) is 35.5 Å². The number of nitrogens with zero attached hydrogens (tertiary/aromatic N) is 1. The van der Waals surface area contributed by atoms with E-state index in [-0.39, 0.29) is 19.2 Å². The number of halogens is 3. The van der Waals surface area contributed by atoms with E-state index < -0.39 is 23.7 Å². The van der Waals surface area contributed by atoms with Crippen LogP contribution in [0, 0.1) is 0 Å². The molecular formula is C20H24F3N3O3. The minimum Gasteiger partial charge on any atom is -0.463 e. The number of urea groups is 1. The van der Waals surface area contributed by atoms with Gasteiger partial charge in [0.2, 0.25) is 0 Å². The maximum Gasteiger partial charge on any atom is 0.416 e. The van der Waals surface area contributed by atoms with Gasteiger partial charge < -0.3 is 15.4 Å². The highest BCUT2D eigenvalue weighted by molar-refractivity contribution is 5.93. The molecule has 0 aromatic heterocycles. The van der Waals surface area contributed by atoms with Gasteiger partial charge in [0, 0.05) is 18.3 Å². The summed E-state index contributed by atoms with van der Waals surface area (Å²) in [6.45, 7) is 3.04. The average molecular weight is 411 g/mol. The molecule has 0 saturated carbocycles. The first kappa shape index (κ1) is 21.2. The summed E-state index contributed by atoms with van der Waals surface area (Å²) in [7, 11) is 0. The summed E-state index contributed by atoms with van der Waals surface area (Å²) in [6.07, 6.45) is -1.69. The third-order valence-electron chi connectivity index (χ3n) is 5.17. The number of carbonyl (C=O) groups excluding carboxylic acids is 2. The van der Waals surface area contributed by atoms with Crippen molar-refractivity contribution in [1.29, 1.82) is 0 Å². The van der Waals surface area contributed by atoms with E-state index in [1.54, 1.807) is 6.92 Å². The second-order valence-corrected chi connectivity index (χ2v) is 7.09. The zero-order valence-electron chi connectivity index (χ0n) is 16.1.